The standard InChI is InChI=1S/C19H36N4O3.HI/c1-3-16(23-12-5-7-18(23)24)8-11-22-19(20-4-2)21-10-6-13-26-17-9-14-25-15-17;/h16-17H,3-15H2,1-2H3,(H2,20,21,22);1H. The van der Waals surface area contributed by atoms with Gasteiger partial charge in [0, 0.05) is 51.9 Å². The molecule has 27 heavy (non-hydrogen) atoms. The van der Waals surface area contributed by atoms with Gasteiger partial charge in [-0.25, -0.2) is 0 Å². The minimum absolute atomic E-state index is 0. The average Bonchev–Trinajstić information content (AvgIpc) is 3.30. The van der Waals surface area contributed by atoms with Crippen LogP contribution in [0.25, 0.3) is 0 Å². The first-order valence-corrected chi connectivity index (χ1v) is 10.3. The van der Waals surface area contributed by atoms with Crippen LogP contribution in [0.2, 0.25) is 0 Å². The Hall–Kier alpha value is -0.610. The van der Waals surface area contributed by atoms with E-state index in [-0.39, 0.29) is 30.1 Å². The van der Waals surface area contributed by atoms with Crippen LogP contribution in [0.15, 0.2) is 4.99 Å². The highest BCUT2D eigenvalue weighted by atomic mass is 127. The predicted molar refractivity (Wildman–Crippen MR) is 119 cm³/mol. The highest BCUT2D eigenvalue weighted by Crippen LogP contribution is 2.17. The van der Waals surface area contributed by atoms with Gasteiger partial charge in [0.25, 0.3) is 0 Å². The van der Waals surface area contributed by atoms with Crippen molar-refractivity contribution in [2.75, 3.05) is 46.0 Å². The van der Waals surface area contributed by atoms with E-state index in [1.807, 2.05) is 0 Å². The third-order valence-electron chi connectivity index (χ3n) is 4.95. The van der Waals surface area contributed by atoms with Gasteiger partial charge in [0.05, 0.1) is 12.7 Å². The maximum Gasteiger partial charge on any atom is 0.222 e. The van der Waals surface area contributed by atoms with Crippen LogP contribution in [0.1, 0.15) is 52.4 Å². The third-order valence-corrected chi connectivity index (χ3v) is 4.95. The number of halogens is 1. The fraction of sp³-hybridized carbons (Fsp3) is 0.895. The molecule has 2 rings (SSSR count). The lowest BCUT2D eigenvalue weighted by Gasteiger charge is -2.27. The maximum atomic E-state index is 11.9. The monoisotopic (exact) mass is 496 g/mol. The number of likely N-dealkylation sites (tertiary alicyclic amines) is 1. The first kappa shape index (κ1) is 24.4. The average molecular weight is 496 g/mol. The second kappa shape index (κ2) is 14.4. The van der Waals surface area contributed by atoms with Crippen LogP contribution in [-0.4, -0.2) is 74.9 Å². The molecule has 7 nitrogen and oxygen atoms in total. The Labute approximate surface area is 181 Å². The van der Waals surface area contributed by atoms with Crippen molar-refractivity contribution in [2.24, 2.45) is 4.99 Å². The summed E-state index contributed by atoms with van der Waals surface area (Å²) >= 11 is 0. The molecule has 0 radical (unpaired) electrons. The van der Waals surface area contributed by atoms with Gasteiger partial charge in [-0.2, -0.15) is 0 Å². The van der Waals surface area contributed by atoms with E-state index in [2.05, 4.69) is 34.4 Å². The second-order valence-corrected chi connectivity index (χ2v) is 6.94. The Morgan fingerprint density at radius 3 is 2.89 bits per heavy atom. The summed E-state index contributed by atoms with van der Waals surface area (Å²) in [4.78, 5) is 18.6. The molecule has 2 fully saturated rings. The molecule has 8 heteroatoms. The molecule has 1 amide bonds. The van der Waals surface area contributed by atoms with E-state index in [1.54, 1.807) is 0 Å². The van der Waals surface area contributed by atoms with Crippen molar-refractivity contribution in [3.63, 3.8) is 0 Å². The topological polar surface area (TPSA) is 75.2 Å². The van der Waals surface area contributed by atoms with Gasteiger partial charge in [-0.3, -0.25) is 9.79 Å². The molecule has 2 aliphatic rings. The lowest BCUT2D eigenvalue weighted by atomic mass is 10.1. The summed E-state index contributed by atoms with van der Waals surface area (Å²) in [6.07, 6.45) is 5.86. The number of guanidine groups is 1. The summed E-state index contributed by atoms with van der Waals surface area (Å²) in [6, 6.07) is 0.336. The van der Waals surface area contributed by atoms with Gasteiger partial charge in [-0.05, 0) is 39.0 Å². The van der Waals surface area contributed by atoms with Crippen molar-refractivity contribution in [3.05, 3.63) is 0 Å². The molecule has 158 valence electrons. The number of nitrogens with one attached hydrogen (secondary N) is 2. The number of aliphatic imine (C=N–C) groups is 1. The molecule has 0 aromatic rings. The first-order chi connectivity index (χ1) is 12.7. The van der Waals surface area contributed by atoms with Crippen molar-refractivity contribution < 1.29 is 14.3 Å². The zero-order chi connectivity index (χ0) is 18.6. The minimum Gasteiger partial charge on any atom is -0.379 e. The van der Waals surface area contributed by atoms with E-state index >= 15 is 0 Å². The van der Waals surface area contributed by atoms with Crippen LogP contribution in [-0.2, 0) is 14.3 Å². The summed E-state index contributed by atoms with van der Waals surface area (Å²) in [5, 5.41) is 6.68. The highest BCUT2D eigenvalue weighted by molar-refractivity contribution is 14.0. The summed E-state index contributed by atoms with van der Waals surface area (Å²) in [5.41, 5.74) is 0. The van der Waals surface area contributed by atoms with Crippen LogP contribution in [0.4, 0.5) is 0 Å². The normalized spacial score (nSPS) is 21.3. The largest absolute Gasteiger partial charge is 0.379 e. The molecule has 2 aliphatic heterocycles. The number of nitrogens with zero attached hydrogens (tertiary/aromatic N) is 2. The molecule has 2 heterocycles. The number of carbonyl (C=O) groups excluding carboxylic acids is 1. The second-order valence-electron chi connectivity index (χ2n) is 6.94. The number of rotatable bonds is 11. The SMILES string of the molecule is CCNC(=NCCCOC1CCOC1)NCCC(CC)N1CCCC1=O.I. The van der Waals surface area contributed by atoms with Gasteiger partial charge in [0.15, 0.2) is 5.96 Å². The van der Waals surface area contributed by atoms with E-state index in [0.717, 1.165) is 84.1 Å². The van der Waals surface area contributed by atoms with E-state index in [0.29, 0.717) is 18.4 Å². The zero-order valence-electron chi connectivity index (χ0n) is 16.9. The summed E-state index contributed by atoms with van der Waals surface area (Å²) in [5.74, 6) is 1.16. The van der Waals surface area contributed by atoms with Crippen LogP contribution in [0.5, 0.6) is 0 Å². The van der Waals surface area contributed by atoms with Gasteiger partial charge >= 0.3 is 0 Å². The fourth-order valence-electron chi connectivity index (χ4n) is 3.48. The quantitative estimate of drug-likeness (QED) is 0.199. The van der Waals surface area contributed by atoms with Gasteiger partial charge in [0.1, 0.15) is 0 Å². The Morgan fingerprint density at radius 2 is 2.26 bits per heavy atom. The molecular weight excluding hydrogens is 459 g/mol. The summed E-state index contributed by atoms with van der Waals surface area (Å²) in [7, 11) is 0. The smallest absolute Gasteiger partial charge is 0.222 e. The van der Waals surface area contributed by atoms with Crippen LogP contribution in [0.3, 0.4) is 0 Å². The number of carbonyl (C=O) groups is 1. The number of amides is 1. The van der Waals surface area contributed by atoms with E-state index in [1.165, 1.54) is 0 Å². The van der Waals surface area contributed by atoms with Gasteiger partial charge in [-0.1, -0.05) is 6.92 Å². The molecule has 2 saturated heterocycles. The van der Waals surface area contributed by atoms with E-state index in [9.17, 15) is 4.79 Å². The van der Waals surface area contributed by atoms with Crippen molar-refractivity contribution in [2.45, 2.75) is 64.5 Å². The molecular formula is C19H37IN4O3. The first-order valence-electron chi connectivity index (χ1n) is 10.3. The number of ether oxygens (including phenoxy) is 2. The lowest BCUT2D eigenvalue weighted by molar-refractivity contribution is -0.129. The van der Waals surface area contributed by atoms with Crippen LogP contribution >= 0.6 is 24.0 Å². The lowest BCUT2D eigenvalue weighted by Crippen LogP contribution is -2.42. The Bertz CT molecular complexity index is 445. The number of hydrogen-bond acceptors (Lipinski definition) is 4. The molecule has 0 aliphatic carbocycles. The fourth-order valence-corrected chi connectivity index (χ4v) is 3.48. The predicted octanol–water partition coefficient (Wildman–Crippen LogP) is 2.15. The van der Waals surface area contributed by atoms with Gasteiger partial charge < -0.3 is 25.0 Å². The molecule has 0 aromatic carbocycles. The minimum atomic E-state index is 0. The van der Waals surface area contributed by atoms with E-state index in [4.69, 9.17) is 9.47 Å². The Kier molecular flexibility index (Phi) is 13.0. The van der Waals surface area contributed by atoms with E-state index < -0.39 is 0 Å². The van der Waals surface area contributed by atoms with Crippen molar-refractivity contribution in [1.29, 1.82) is 0 Å². The molecule has 0 spiro atoms. The van der Waals surface area contributed by atoms with Crippen molar-refractivity contribution >= 4 is 35.8 Å². The summed E-state index contributed by atoms with van der Waals surface area (Å²) in [6.45, 7) is 9.82. The Balaban J connectivity index is 0.00000364. The third kappa shape index (κ3) is 8.95. The van der Waals surface area contributed by atoms with Crippen molar-refractivity contribution in [1.82, 2.24) is 15.5 Å². The van der Waals surface area contributed by atoms with Gasteiger partial charge in [-0.15, -0.1) is 24.0 Å². The zero-order valence-corrected chi connectivity index (χ0v) is 19.2. The number of hydrogen-bond donors (Lipinski definition) is 2. The summed E-state index contributed by atoms with van der Waals surface area (Å²) < 4.78 is 11.1. The highest BCUT2D eigenvalue weighted by Gasteiger charge is 2.26. The molecule has 0 bridgehead atoms. The molecule has 2 unspecified atom stereocenters. The molecule has 0 saturated carbocycles. The molecule has 0 aromatic heterocycles. The van der Waals surface area contributed by atoms with Crippen LogP contribution in [0, 0.1) is 0 Å². The van der Waals surface area contributed by atoms with Crippen LogP contribution < -0.4 is 10.6 Å². The molecule has 2 N–H and O–H groups in total. The van der Waals surface area contributed by atoms with Crippen molar-refractivity contribution in [3.8, 4) is 0 Å². The Morgan fingerprint density at radius 1 is 1.41 bits per heavy atom. The maximum absolute atomic E-state index is 11.9. The molecule has 2 atom stereocenters. The van der Waals surface area contributed by atoms with Gasteiger partial charge in [0.2, 0.25) is 5.91 Å².